The maximum absolute atomic E-state index is 11.8. The molecule has 1 amide bonds. The molecular weight excluding hydrogens is 236 g/mol. The summed E-state index contributed by atoms with van der Waals surface area (Å²) >= 11 is 1.51. The molecule has 0 radical (unpaired) electrons. The summed E-state index contributed by atoms with van der Waals surface area (Å²) in [5.74, 6) is 5.12. The van der Waals surface area contributed by atoms with E-state index in [4.69, 9.17) is 5.84 Å². The van der Waals surface area contributed by atoms with Crippen LogP contribution in [0.3, 0.4) is 0 Å². The lowest BCUT2D eigenvalue weighted by molar-refractivity contribution is 0.0951. The van der Waals surface area contributed by atoms with Crippen molar-refractivity contribution in [2.24, 2.45) is 5.84 Å². The van der Waals surface area contributed by atoms with Crippen LogP contribution < -0.4 is 16.6 Å². The first-order chi connectivity index (χ1) is 8.29. The molecule has 88 valence electrons. The first kappa shape index (κ1) is 11.6. The Morgan fingerprint density at radius 2 is 2.12 bits per heavy atom. The van der Waals surface area contributed by atoms with Gasteiger partial charge in [-0.05, 0) is 24.3 Å². The first-order valence-electron chi connectivity index (χ1n) is 5.03. The van der Waals surface area contributed by atoms with Crippen LogP contribution in [0, 0.1) is 0 Å². The second kappa shape index (κ2) is 5.42. The molecule has 17 heavy (non-hydrogen) atoms. The van der Waals surface area contributed by atoms with Crippen molar-refractivity contribution in [3.05, 3.63) is 46.4 Å². The fourth-order valence-corrected chi connectivity index (χ4v) is 1.87. The molecule has 5 nitrogen and oxygen atoms in total. The molecule has 1 aromatic carbocycles. The Hall–Kier alpha value is -1.92. The zero-order chi connectivity index (χ0) is 12.1. The topological polar surface area (TPSA) is 80.0 Å². The van der Waals surface area contributed by atoms with E-state index in [0.29, 0.717) is 12.1 Å². The molecule has 2 aromatic rings. The molecule has 1 aromatic heterocycles. The maximum atomic E-state index is 11.8. The standard InChI is InChI=1S/C11H12N4OS/c12-15-9-3-1-8(2-4-9)11(16)14-7-10-13-5-6-17-10/h1-6,15H,7,12H2,(H,14,16). The Balaban J connectivity index is 1.95. The van der Waals surface area contributed by atoms with Gasteiger partial charge in [-0.15, -0.1) is 11.3 Å². The number of carbonyl (C=O) groups excluding carboxylic acids is 1. The van der Waals surface area contributed by atoms with Crippen molar-refractivity contribution < 1.29 is 4.79 Å². The van der Waals surface area contributed by atoms with Crippen molar-refractivity contribution in [3.63, 3.8) is 0 Å². The van der Waals surface area contributed by atoms with Crippen molar-refractivity contribution in [3.8, 4) is 0 Å². The molecule has 0 unspecified atom stereocenters. The number of benzene rings is 1. The van der Waals surface area contributed by atoms with Crippen molar-refractivity contribution in [1.82, 2.24) is 10.3 Å². The molecular formula is C11H12N4OS. The summed E-state index contributed by atoms with van der Waals surface area (Å²) in [5.41, 5.74) is 3.87. The second-order valence-corrected chi connectivity index (χ2v) is 4.31. The minimum absolute atomic E-state index is 0.122. The van der Waals surface area contributed by atoms with Crippen LogP contribution in [0.4, 0.5) is 5.69 Å². The number of anilines is 1. The number of nitrogens with one attached hydrogen (secondary N) is 2. The van der Waals surface area contributed by atoms with Gasteiger partial charge in [-0.2, -0.15) is 0 Å². The molecule has 6 heteroatoms. The summed E-state index contributed by atoms with van der Waals surface area (Å²) in [5, 5.41) is 5.56. The first-order valence-corrected chi connectivity index (χ1v) is 5.91. The molecule has 0 atom stereocenters. The van der Waals surface area contributed by atoms with Crippen LogP contribution in [0.25, 0.3) is 0 Å². The zero-order valence-corrected chi connectivity index (χ0v) is 9.83. The highest BCUT2D eigenvalue weighted by molar-refractivity contribution is 7.09. The van der Waals surface area contributed by atoms with E-state index in [1.807, 2.05) is 5.38 Å². The number of hydrogen-bond donors (Lipinski definition) is 3. The Bertz CT molecular complexity index is 481. The van der Waals surface area contributed by atoms with Gasteiger partial charge in [0.25, 0.3) is 5.91 Å². The average molecular weight is 248 g/mol. The SMILES string of the molecule is NNc1ccc(C(=O)NCc2nccs2)cc1. The number of nitrogen functional groups attached to an aromatic ring is 1. The molecule has 0 aliphatic rings. The summed E-state index contributed by atoms with van der Waals surface area (Å²) < 4.78 is 0. The fourth-order valence-electron chi connectivity index (χ4n) is 1.32. The number of nitrogens with zero attached hydrogens (tertiary/aromatic N) is 1. The van der Waals surface area contributed by atoms with Gasteiger partial charge < -0.3 is 10.7 Å². The highest BCUT2D eigenvalue weighted by Crippen LogP contribution is 2.08. The molecule has 0 aliphatic heterocycles. The molecule has 0 saturated heterocycles. The largest absolute Gasteiger partial charge is 0.346 e. The molecule has 0 spiro atoms. The van der Waals surface area contributed by atoms with Gasteiger partial charge in [0, 0.05) is 22.8 Å². The van der Waals surface area contributed by atoms with Crippen LogP contribution in [0.2, 0.25) is 0 Å². The van der Waals surface area contributed by atoms with Gasteiger partial charge in [0.1, 0.15) is 5.01 Å². The normalized spacial score (nSPS) is 9.94. The quantitative estimate of drug-likeness (QED) is 0.564. The van der Waals surface area contributed by atoms with E-state index in [9.17, 15) is 4.79 Å². The predicted molar refractivity (Wildman–Crippen MR) is 67.5 cm³/mol. The number of carbonyl (C=O) groups is 1. The number of hydrazine groups is 1. The third kappa shape index (κ3) is 3.02. The van der Waals surface area contributed by atoms with Crippen LogP contribution in [0.1, 0.15) is 15.4 Å². The van der Waals surface area contributed by atoms with E-state index in [-0.39, 0.29) is 5.91 Å². The minimum atomic E-state index is -0.122. The van der Waals surface area contributed by atoms with Crippen LogP contribution in [-0.4, -0.2) is 10.9 Å². The van der Waals surface area contributed by atoms with Crippen molar-refractivity contribution in [2.75, 3.05) is 5.43 Å². The Morgan fingerprint density at radius 1 is 1.35 bits per heavy atom. The van der Waals surface area contributed by atoms with Crippen molar-refractivity contribution in [2.45, 2.75) is 6.54 Å². The van der Waals surface area contributed by atoms with E-state index in [1.165, 1.54) is 11.3 Å². The van der Waals surface area contributed by atoms with E-state index in [0.717, 1.165) is 10.7 Å². The zero-order valence-electron chi connectivity index (χ0n) is 9.01. The molecule has 0 fully saturated rings. The average Bonchev–Trinajstić information content (AvgIpc) is 2.89. The fraction of sp³-hybridized carbons (Fsp3) is 0.0909. The summed E-state index contributed by atoms with van der Waals surface area (Å²) in [7, 11) is 0. The van der Waals surface area contributed by atoms with Gasteiger partial charge in [-0.25, -0.2) is 4.98 Å². The lowest BCUT2D eigenvalue weighted by Crippen LogP contribution is -2.22. The van der Waals surface area contributed by atoms with Crippen LogP contribution in [0.5, 0.6) is 0 Å². The minimum Gasteiger partial charge on any atom is -0.346 e. The monoisotopic (exact) mass is 248 g/mol. The Morgan fingerprint density at radius 3 is 2.71 bits per heavy atom. The lowest BCUT2D eigenvalue weighted by Gasteiger charge is -2.04. The highest BCUT2D eigenvalue weighted by Gasteiger charge is 2.05. The number of hydrogen-bond acceptors (Lipinski definition) is 5. The summed E-state index contributed by atoms with van der Waals surface area (Å²) in [6, 6.07) is 6.93. The van der Waals surface area contributed by atoms with Gasteiger partial charge in [-0.1, -0.05) is 0 Å². The highest BCUT2D eigenvalue weighted by atomic mass is 32.1. The van der Waals surface area contributed by atoms with E-state index in [2.05, 4.69) is 15.7 Å². The number of rotatable bonds is 4. The third-order valence-electron chi connectivity index (χ3n) is 2.20. The van der Waals surface area contributed by atoms with E-state index < -0.39 is 0 Å². The molecule has 2 rings (SSSR count). The van der Waals surface area contributed by atoms with Crippen LogP contribution in [0.15, 0.2) is 35.8 Å². The van der Waals surface area contributed by atoms with Crippen molar-refractivity contribution in [1.29, 1.82) is 0 Å². The van der Waals surface area contributed by atoms with E-state index >= 15 is 0 Å². The van der Waals surface area contributed by atoms with Gasteiger partial charge in [-0.3, -0.25) is 10.6 Å². The summed E-state index contributed by atoms with van der Waals surface area (Å²) in [4.78, 5) is 15.8. The lowest BCUT2D eigenvalue weighted by atomic mass is 10.2. The number of amides is 1. The second-order valence-electron chi connectivity index (χ2n) is 3.33. The van der Waals surface area contributed by atoms with Crippen molar-refractivity contribution >= 4 is 22.9 Å². The number of aromatic nitrogens is 1. The third-order valence-corrected chi connectivity index (χ3v) is 2.98. The summed E-state index contributed by atoms with van der Waals surface area (Å²) in [6.07, 6.45) is 1.72. The Kier molecular flexibility index (Phi) is 3.69. The predicted octanol–water partition coefficient (Wildman–Crippen LogP) is 1.36. The molecule has 4 N–H and O–H groups in total. The van der Waals surface area contributed by atoms with Crippen LogP contribution >= 0.6 is 11.3 Å². The summed E-state index contributed by atoms with van der Waals surface area (Å²) in [6.45, 7) is 0.452. The molecule has 0 saturated carbocycles. The molecule has 0 bridgehead atoms. The van der Waals surface area contributed by atoms with E-state index in [1.54, 1.807) is 30.5 Å². The van der Waals surface area contributed by atoms with Crippen LogP contribution in [-0.2, 0) is 6.54 Å². The van der Waals surface area contributed by atoms with Gasteiger partial charge in [0.15, 0.2) is 0 Å². The molecule has 0 aliphatic carbocycles. The maximum Gasteiger partial charge on any atom is 0.251 e. The van der Waals surface area contributed by atoms with Gasteiger partial charge in [0.05, 0.1) is 6.54 Å². The Labute approximate surface area is 103 Å². The van der Waals surface area contributed by atoms with Gasteiger partial charge in [0.2, 0.25) is 0 Å². The smallest absolute Gasteiger partial charge is 0.251 e. The van der Waals surface area contributed by atoms with Gasteiger partial charge >= 0.3 is 0 Å². The number of nitrogens with two attached hydrogens (primary N) is 1. The molecule has 1 heterocycles. The number of thiazole rings is 1.